The molecule has 1 atom stereocenters. The fraction of sp³-hybridized carbons (Fsp3) is 1.00. The second kappa shape index (κ2) is 4.60. The first-order valence-corrected chi connectivity index (χ1v) is 8.35. The Bertz CT molecular complexity index is 152. The molecule has 0 aromatic rings. The van der Waals surface area contributed by atoms with Crippen molar-refractivity contribution in [2.24, 2.45) is 0 Å². The summed E-state index contributed by atoms with van der Waals surface area (Å²) in [5.41, 5.74) is 0. The van der Waals surface area contributed by atoms with E-state index in [-0.39, 0.29) is 0 Å². The van der Waals surface area contributed by atoms with E-state index < -0.39 is 8.32 Å². The Morgan fingerprint density at radius 3 is 2.00 bits per heavy atom. The lowest BCUT2D eigenvalue weighted by atomic mass is 10.1. The summed E-state index contributed by atoms with van der Waals surface area (Å²) < 4.78 is 6.18. The normalized spacial score (nSPS) is 15.9. The van der Waals surface area contributed by atoms with Crippen LogP contribution in [-0.4, -0.2) is 14.4 Å². The van der Waals surface area contributed by atoms with Crippen molar-refractivity contribution in [1.29, 1.82) is 0 Å². The van der Waals surface area contributed by atoms with Crippen LogP contribution in [0.1, 0.15) is 47.5 Å². The summed E-state index contributed by atoms with van der Waals surface area (Å²) in [6, 6.07) is 0. The van der Waals surface area contributed by atoms with Gasteiger partial charge in [0.25, 0.3) is 0 Å². The Balaban J connectivity index is 4.38. The molecule has 0 aliphatic rings. The summed E-state index contributed by atoms with van der Waals surface area (Å²) in [5.74, 6) is 0. The van der Waals surface area contributed by atoms with Gasteiger partial charge in [0.1, 0.15) is 0 Å². The largest absolute Gasteiger partial charge is 0.414 e. The van der Waals surface area contributed by atoms with Gasteiger partial charge in [-0.1, -0.05) is 34.1 Å². The summed E-state index contributed by atoms with van der Waals surface area (Å²) in [7, 11) is -1.51. The Kier molecular flexibility index (Phi) is 4.67. The Morgan fingerprint density at radius 2 is 1.69 bits per heavy atom. The monoisotopic (exact) mass is 202 g/mol. The maximum Gasteiger partial charge on any atom is 0.192 e. The fourth-order valence-electron chi connectivity index (χ4n) is 1.17. The molecule has 80 valence electrons. The molecule has 1 unspecified atom stereocenters. The van der Waals surface area contributed by atoms with Crippen molar-refractivity contribution < 1.29 is 4.43 Å². The van der Waals surface area contributed by atoms with Crippen LogP contribution < -0.4 is 0 Å². The third kappa shape index (κ3) is 3.43. The van der Waals surface area contributed by atoms with Crippen molar-refractivity contribution >= 4 is 8.32 Å². The SMILES string of the molecule is CCC(C)O[Si](C)(C)C(C)(C)CC. The molecule has 0 amide bonds. The van der Waals surface area contributed by atoms with E-state index in [2.05, 4.69) is 47.7 Å². The fourth-order valence-corrected chi connectivity index (χ4v) is 3.51. The zero-order valence-corrected chi connectivity index (χ0v) is 11.4. The summed E-state index contributed by atoms with van der Waals surface area (Å²) in [6.45, 7) is 16.0. The van der Waals surface area contributed by atoms with Gasteiger partial charge in [-0.15, -0.1) is 0 Å². The number of hydrogen-bond acceptors (Lipinski definition) is 1. The lowest BCUT2D eigenvalue weighted by molar-refractivity contribution is 0.192. The Hall–Kier alpha value is 0.177. The molecule has 0 N–H and O–H groups in total. The van der Waals surface area contributed by atoms with Gasteiger partial charge in [-0.3, -0.25) is 0 Å². The maximum atomic E-state index is 6.18. The van der Waals surface area contributed by atoms with Crippen LogP contribution in [0.15, 0.2) is 0 Å². The highest BCUT2D eigenvalue weighted by Gasteiger charge is 2.40. The third-order valence-electron chi connectivity index (χ3n) is 3.58. The number of hydrogen-bond donors (Lipinski definition) is 0. The van der Waals surface area contributed by atoms with E-state index in [1.165, 1.54) is 6.42 Å². The number of rotatable bonds is 5. The zero-order valence-electron chi connectivity index (χ0n) is 10.4. The van der Waals surface area contributed by atoms with Crippen LogP contribution >= 0.6 is 0 Å². The second-order valence-corrected chi connectivity index (χ2v) is 9.69. The lowest BCUT2D eigenvalue weighted by Gasteiger charge is -2.40. The quantitative estimate of drug-likeness (QED) is 0.607. The van der Waals surface area contributed by atoms with Crippen LogP contribution in [0.4, 0.5) is 0 Å². The third-order valence-corrected chi connectivity index (χ3v) is 8.19. The first-order valence-electron chi connectivity index (χ1n) is 5.44. The molecule has 2 heteroatoms. The van der Waals surface area contributed by atoms with Crippen LogP contribution in [0.5, 0.6) is 0 Å². The molecule has 0 saturated heterocycles. The van der Waals surface area contributed by atoms with E-state index in [9.17, 15) is 0 Å². The predicted octanol–water partition coefficient (Wildman–Crippen LogP) is 4.20. The molecule has 0 aromatic carbocycles. The average Bonchev–Trinajstić information content (AvgIpc) is 2.03. The van der Waals surface area contributed by atoms with Crippen molar-refractivity contribution in [3.05, 3.63) is 0 Å². The standard InChI is InChI=1S/C11H26OSi/c1-8-10(3)12-13(6,7)11(4,5)9-2/h10H,8-9H2,1-7H3. The van der Waals surface area contributed by atoms with Gasteiger partial charge in [-0.05, 0) is 31.5 Å². The van der Waals surface area contributed by atoms with E-state index in [1.54, 1.807) is 0 Å². The highest BCUT2D eigenvalue weighted by atomic mass is 28.4. The molecule has 1 nitrogen and oxygen atoms in total. The topological polar surface area (TPSA) is 9.23 Å². The molecule has 0 aliphatic heterocycles. The Morgan fingerprint density at radius 1 is 1.23 bits per heavy atom. The molecule has 0 aliphatic carbocycles. The van der Waals surface area contributed by atoms with Crippen molar-refractivity contribution in [3.63, 3.8) is 0 Å². The minimum atomic E-state index is -1.51. The molecule has 0 rings (SSSR count). The van der Waals surface area contributed by atoms with Gasteiger partial charge in [-0.25, -0.2) is 0 Å². The maximum absolute atomic E-state index is 6.18. The first-order chi connectivity index (χ1) is 5.77. The van der Waals surface area contributed by atoms with Gasteiger partial charge in [-0.2, -0.15) is 0 Å². The smallest absolute Gasteiger partial charge is 0.192 e. The summed E-state index contributed by atoms with van der Waals surface area (Å²) in [4.78, 5) is 0. The molecular formula is C11H26OSi. The minimum Gasteiger partial charge on any atom is -0.414 e. The highest BCUT2D eigenvalue weighted by Crippen LogP contribution is 2.41. The summed E-state index contributed by atoms with van der Waals surface area (Å²) in [5, 5.41) is 0.385. The van der Waals surface area contributed by atoms with E-state index in [4.69, 9.17) is 4.43 Å². The molecule has 0 fully saturated rings. The minimum absolute atomic E-state index is 0.385. The molecule has 0 spiro atoms. The lowest BCUT2D eigenvalue weighted by Crippen LogP contribution is -2.44. The zero-order chi connectivity index (χ0) is 10.7. The van der Waals surface area contributed by atoms with Gasteiger partial charge < -0.3 is 4.43 Å². The predicted molar refractivity (Wildman–Crippen MR) is 62.7 cm³/mol. The van der Waals surface area contributed by atoms with Crippen LogP contribution in [0.25, 0.3) is 0 Å². The molecular weight excluding hydrogens is 176 g/mol. The highest BCUT2D eigenvalue weighted by molar-refractivity contribution is 6.74. The second-order valence-electron chi connectivity index (χ2n) is 5.08. The van der Waals surface area contributed by atoms with Gasteiger partial charge in [0, 0.05) is 6.10 Å². The van der Waals surface area contributed by atoms with Crippen LogP contribution in [0.2, 0.25) is 18.1 Å². The van der Waals surface area contributed by atoms with Crippen LogP contribution in [-0.2, 0) is 4.43 Å². The summed E-state index contributed by atoms with van der Waals surface area (Å²) in [6.07, 6.45) is 2.76. The van der Waals surface area contributed by atoms with E-state index >= 15 is 0 Å². The molecule has 0 saturated carbocycles. The van der Waals surface area contributed by atoms with E-state index in [0.717, 1.165) is 6.42 Å². The van der Waals surface area contributed by atoms with Crippen molar-refractivity contribution in [1.82, 2.24) is 0 Å². The van der Waals surface area contributed by atoms with Crippen LogP contribution in [0, 0.1) is 0 Å². The van der Waals surface area contributed by atoms with Crippen molar-refractivity contribution in [3.8, 4) is 0 Å². The van der Waals surface area contributed by atoms with Gasteiger partial charge >= 0.3 is 0 Å². The van der Waals surface area contributed by atoms with E-state index in [0.29, 0.717) is 11.1 Å². The first kappa shape index (κ1) is 13.2. The molecule has 0 heterocycles. The van der Waals surface area contributed by atoms with Gasteiger partial charge in [0.05, 0.1) is 0 Å². The average molecular weight is 202 g/mol. The molecule has 13 heavy (non-hydrogen) atoms. The van der Waals surface area contributed by atoms with Crippen molar-refractivity contribution in [2.45, 2.75) is 71.7 Å². The summed E-state index contributed by atoms with van der Waals surface area (Å²) >= 11 is 0. The van der Waals surface area contributed by atoms with Gasteiger partial charge in [0.15, 0.2) is 8.32 Å². The van der Waals surface area contributed by atoms with Gasteiger partial charge in [0.2, 0.25) is 0 Å². The Labute approximate surface area is 85.0 Å². The van der Waals surface area contributed by atoms with Crippen molar-refractivity contribution in [2.75, 3.05) is 0 Å². The van der Waals surface area contributed by atoms with Crippen LogP contribution in [0.3, 0.4) is 0 Å². The molecule has 0 aromatic heterocycles. The van der Waals surface area contributed by atoms with E-state index in [1.807, 2.05) is 0 Å². The molecule has 0 radical (unpaired) electrons. The molecule has 0 bridgehead atoms.